The molecular weight excluding hydrogens is 344 g/mol. The van der Waals surface area contributed by atoms with Gasteiger partial charge in [0.2, 0.25) is 0 Å². The zero-order valence-corrected chi connectivity index (χ0v) is 15.8. The Morgan fingerprint density at radius 3 is 2.32 bits per heavy atom. The van der Waals surface area contributed by atoms with E-state index in [9.17, 15) is 5.11 Å². The minimum absolute atomic E-state index is 0.0746. The van der Waals surface area contributed by atoms with E-state index in [2.05, 4.69) is 76.7 Å². The zero-order chi connectivity index (χ0) is 19.2. The Morgan fingerprint density at radius 1 is 0.786 bits per heavy atom. The standard InChI is InChI=1S/C25H24N2O/c28-18-21-9-4-8-20(14-21)16-24(15-19-6-2-1-3-7-19)22-10-5-11-23(17-22)25-26-12-13-27-25/h1-14,17,24,28H,15-16,18H2,(H,26,27). The second-order valence-corrected chi connectivity index (χ2v) is 7.13. The monoisotopic (exact) mass is 368 g/mol. The first-order valence-electron chi connectivity index (χ1n) is 9.64. The number of aromatic nitrogens is 2. The summed E-state index contributed by atoms with van der Waals surface area (Å²) in [6.45, 7) is 0.0746. The second kappa shape index (κ2) is 8.68. The van der Waals surface area contributed by atoms with E-state index in [4.69, 9.17) is 0 Å². The van der Waals surface area contributed by atoms with Gasteiger partial charge in [-0.25, -0.2) is 4.98 Å². The van der Waals surface area contributed by atoms with Crippen LogP contribution in [0.15, 0.2) is 91.3 Å². The van der Waals surface area contributed by atoms with E-state index in [-0.39, 0.29) is 6.61 Å². The zero-order valence-electron chi connectivity index (χ0n) is 15.8. The number of nitrogens with zero attached hydrogens (tertiary/aromatic N) is 1. The lowest BCUT2D eigenvalue weighted by Gasteiger charge is -2.19. The fraction of sp³-hybridized carbons (Fsp3) is 0.160. The Bertz CT molecular complexity index is 1010. The normalized spacial score (nSPS) is 12.0. The molecule has 0 bridgehead atoms. The summed E-state index contributed by atoms with van der Waals surface area (Å²) >= 11 is 0. The van der Waals surface area contributed by atoms with Crippen LogP contribution < -0.4 is 0 Å². The Morgan fingerprint density at radius 2 is 1.54 bits per heavy atom. The van der Waals surface area contributed by atoms with Crippen molar-refractivity contribution in [1.82, 2.24) is 9.97 Å². The Kier molecular flexibility index (Phi) is 5.64. The van der Waals surface area contributed by atoms with Crippen LogP contribution in [-0.2, 0) is 19.4 Å². The van der Waals surface area contributed by atoms with Crippen LogP contribution >= 0.6 is 0 Å². The maximum atomic E-state index is 9.48. The van der Waals surface area contributed by atoms with Crippen molar-refractivity contribution in [1.29, 1.82) is 0 Å². The van der Waals surface area contributed by atoms with Gasteiger partial charge < -0.3 is 10.1 Å². The smallest absolute Gasteiger partial charge is 0.137 e. The van der Waals surface area contributed by atoms with Gasteiger partial charge in [0, 0.05) is 18.0 Å². The van der Waals surface area contributed by atoms with Crippen molar-refractivity contribution in [3.63, 3.8) is 0 Å². The molecule has 0 amide bonds. The molecule has 1 atom stereocenters. The number of aromatic amines is 1. The number of imidazole rings is 1. The van der Waals surface area contributed by atoms with Crippen LogP contribution in [0.3, 0.4) is 0 Å². The lowest BCUT2D eigenvalue weighted by atomic mass is 9.85. The van der Waals surface area contributed by atoms with Gasteiger partial charge in [0.25, 0.3) is 0 Å². The van der Waals surface area contributed by atoms with Gasteiger partial charge in [0.15, 0.2) is 0 Å². The number of benzene rings is 3. The summed E-state index contributed by atoms with van der Waals surface area (Å²) in [5.74, 6) is 1.23. The summed E-state index contributed by atoms with van der Waals surface area (Å²) in [6.07, 6.45) is 5.52. The molecule has 0 radical (unpaired) electrons. The molecular formula is C25H24N2O. The highest BCUT2D eigenvalue weighted by atomic mass is 16.3. The topological polar surface area (TPSA) is 48.9 Å². The summed E-state index contributed by atoms with van der Waals surface area (Å²) in [4.78, 5) is 7.59. The first-order chi connectivity index (χ1) is 13.8. The summed E-state index contributed by atoms with van der Waals surface area (Å²) in [5, 5.41) is 9.48. The number of hydrogen-bond acceptors (Lipinski definition) is 2. The first kappa shape index (κ1) is 18.2. The highest BCUT2D eigenvalue weighted by Gasteiger charge is 2.15. The van der Waals surface area contributed by atoms with Crippen molar-refractivity contribution in [3.05, 3.63) is 114 Å². The fourth-order valence-corrected chi connectivity index (χ4v) is 3.71. The molecule has 1 unspecified atom stereocenters. The number of H-pyrrole nitrogens is 1. The molecule has 0 saturated heterocycles. The molecule has 0 fully saturated rings. The largest absolute Gasteiger partial charge is 0.392 e. The van der Waals surface area contributed by atoms with Crippen molar-refractivity contribution >= 4 is 0 Å². The van der Waals surface area contributed by atoms with Crippen LogP contribution in [0.25, 0.3) is 11.4 Å². The summed E-state index contributed by atoms with van der Waals surface area (Å²) in [5.41, 5.74) is 5.93. The second-order valence-electron chi connectivity index (χ2n) is 7.13. The molecule has 3 aromatic carbocycles. The molecule has 2 N–H and O–H groups in total. The van der Waals surface area contributed by atoms with Crippen molar-refractivity contribution in [2.75, 3.05) is 0 Å². The third-order valence-electron chi connectivity index (χ3n) is 5.11. The average molecular weight is 368 g/mol. The van der Waals surface area contributed by atoms with Gasteiger partial charge >= 0.3 is 0 Å². The maximum Gasteiger partial charge on any atom is 0.137 e. The fourth-order valence-electron chi connectivity index (χ4n) is 3.71. The van der Waals surface area contributed by atoms with Crippen molar-refractivity contribution in [2.24, 2.45) is 0 Å². The molecule has 3 heteroatoms. The summed E-state index contributed by atoms with van der Waals surface area (Å²) in [7, 11) is 0. The third kappa shape index (κ3) is 4.38. The van der Waals surface area contributed by atoms with Gasteiger partial charge in [0.1, 0.15) is 5.82 Å². The van der Waals surface area contributed by atoms with Crippen molar-refractivity contribution < 1.29 is 5.11 Å². The highest BCUT2D eigenvalue weighted by molar-refractivity contribution is 5.56. The Balaban J connectivity index is 1.67. The number of aliphatic hydroxyl groups excluding tert-OH is 1. The molecule has 4 rings (SSSR count). The number of nitrogens with one attached hydrogen (secondary N) is 1. The molecule has 4 aromatic rings. The SMILES string of the molecule is OCc1cccc(CC(Cc2ccccc2)c2cccc(-c3ncc[nH]3)c2)c1. The predicted octanol–water partition coefficient (Wildman–Crippen LogP) is 5.14. The van der Waals surface area contributed by atoms with Gasteiger partial charge in [-0.3, -0.25) is 0 Å². The van der Waals surface area contributed by atoms with E-state index in [1.807, 2.05) is 18.3 Å². The van der Waals surface area contributed by atoms with Crippen molar-refractivity contribution in [3.8, 4) is 11.4 Å². The lowest BCUT2D eigenvalue weighted by molar-refractivity contribution is 0.281. The molecule has 3 nitrogen and oxygen atoms in total. The summed E-state index contributed by atoms with van der Waals surface area (Å²) < 4.78 is 0. The van der Waals surface area contributed by atoms with Gasteiger partial charge in [0.05, 0.1) is 6.61 Å². The van der Waals surface area contributed by atoms with Crippen LogP contribution in [0.1, 0.15) is 28.2 Å². The molecule has 0 aliphatic carbocycles. The van der Waals surface area contributed by atoms with E-state index in [0.717, 1.165) is 29.8 Å². The van der Waals surface area contributed by atoms with E-state index >= 15 is 0 Å². The van der Waals surface area contributed by atoms with Crippen molar-refractivity contribution in [2.45, 2.75) is 25.4 Å². The molecule has 1 heterocycles. The van der Waals surface area contributed by atoms with Crippen LogP contribution in [0.5, 0.6) is 0 Å². The van der Waals surface area contributed by atoms with Gasteiger partial charge in [-0.05, 0) is 47.1 Å². The third-order valence-corrected chi connectivity index (χ3v) is 5.11. The molecule has 0 spiro atoms. The maximum absolute atomic E-state index is 9.48. The molecule has 0 aliphatic heterocycles. The van der Waals surface area contributed by atoms with Crippen LogP contribution in [0, 0.1) is 0 Å². The molecule has 0 aliphatic rings. The molecule has 1 aromatic heterocycles. The molecule has 140 valence electrons. The number of rotatable bonds is 7. The lowest BCUT2D eigenvalue weighted by Crippen LogP contribution is -2.07. The first-order valence-corrected chi connectivity index (χ1v) is 9.64. The van der Waals surface area contributed by atoms with Crippen LogP contribution in [0.4, 0.5) is 0 Å². The van der Waals surface area contributed by atoms with Crippen LogP contribution in [0.2, 0.25) is 0 Å². The minimum atomic E-state index is 0.0746. The van der Waals surface area contributed by atoms with Gasteiger partial charge in [-0.1, -0.05) is 72.8 Å². The van der Waals surface area contributed by atoms with E-state index < -0.39 is 0 Å². The van der Waals surface area contributed by atoms with Crippen LogP contribution in [-0.4, -0.2) is 15.1 Å². The quantitative estimate of drug-likeness (QED) is 0.475. The van der Waals surface area contributed by atoms with E-state index in [1.54, 1.807) is 6.20 Å². The summed E-state index contributed by atoms with van der Waals surface area (Å²) in [6, 6.07) is 27.5. The number of aliphatic hydroxyl groups is 1. The highest BCUT2D eigenvalue weighted by Crippen LogP contribution is 2.28. The Labute approximate surface area is 165 Å². The Hall–Kier alpha value is -3.17. The molecule has 0 saturated carbocycles. The minimum Gasteiger partial charge on any atom is -0.392 e. The van der Waals surface area contributed by atoms with Gasteiger partial charge in [-0.15, -0.1) is 0 Å². The van der Waals surface area contributed by atoms with E-state index in [1.165, 1.54) is 16.7 Å². The predicted molar refractivity (Wildman–Crippen MR) is 113 cm³/mol. The van der Waals surface area contributed by atoms with Gasteiger partial charge in [-0.2, -0.15) is 0 Å². The number of hydrogen-bond donors (Lipinski definition) is 2. The average Bonchev–Trinajstić information content (AvgIpc) is 3.29. The van der Waals surface area contributed by atoms with E-state index in [0.29, 0.717) is 5.92 Å². The molecule has 28 heavy (non-hydrogen) atoms.